The Morgan fingerprint density at radius 1 is 1.11 bits per heavy atom. The number of nitrogens with one attached hydrogen (secondary N) is 2. The van der Waals surface area contributed by atoms with Gasteiger partial charge in [0, 0.05) is 22.5 Å². The van der Waals surface area contributed by atoms with Gasteiger partial charge in [-0.15, -0.1) is 0 Å². The highest BCUT2D eigenvalue weighted by atomic mass is 16.5. The van der Waals surface area contributed by atoms with Crippen LogP contribution in [0.3, 0.4) is 0 Å². The smallest absolute Gasteiger partial charge is 0.256 e. The van der Waals surface area contributed by atoms with Gasteiger partial charge in [0.25, 0.3) is 11.5 Å². The van der Waals surface area contributed by atoms with E-state index in [9.17, 15) is 9.59 Å². The van der Waals surface area contributed by atoms with Crippen molar-refractivity contribution < 1.29 is 9.53 Å². The summed E-state index contributed by atoms with van der Waals surface area (Å²) < 4.78 is 5.24. The summed E-state index contributed by atoms with van der Waals surface area (Å²) >= 11 is 0. The SMILES string of the molecule is COc1cccc(C(C)NC(=O)c2ccc3c(c2)c(=O)[nH]c2cnccc23)c1. The van der Waals surface area contributed by atoms with Crippen LogP contribution in [0.4, 0.5) is 0 Å². The van der Waals surface area contributed by atoms with Crippen LogP contribution in [0.1, 0.15) is 28.9 Å². The largest absolute Gasteiger partial charge is 0.497 e. The molecule has 0 fully saturated rings. The number of rotatable bonds is 4. The van der Waals surface area contributed by atoms with Gasteiger partial charge in [0.05, 0.1) is 24.9 Å². The Kier molecular flexibility index (Phi) is 4.53. The number of carbonyl (C=O) groups is 1. The van der Waals surface area contributed by atoms with Gasteiger partial charge in [-0.05, 0) is 48.2 Å². The van der Waals surface area contributed by atoms with E-state index in [1.165, 1.54) is 0 Å². The molecule has 4 aromatic rings. The average molecular weight is 373 g/mol. The summed E-state index contributed by atoms with van der Waals surface area (Å²) in [4.78, 5) is 32.0. The number of aromatic nitrogens is 2. The molecule has 0 aliphatic carbocycles. The fourth-order valence-electron chi connectivity index (χ4n) is 3.30. The molecule has 1 atom stereocenters. The van der Waals surface area contributed by atoms with Crippen molar-refractivity contribution in [2.75, 3.05) is 7.11 Å². The van der Waals surface area contributed by atoms with E-state index < -0.39 is 0 Å². The Balaban J connectivity index is 1.67. The molecule has 1 unspecified atom stereocenters. The van der Waals surface area contributed by atoms with Crippen molar-refractivity contribution in [2.24, 2.45) is 0 Å². The van der Waals surface area contributed by atoms with Gasteiger partial charge in [-0.2, -0.15) is 0 Å². The molecule has 6 heteroatoms. The number of pyridine rings is 2. The van der Waals surface area contributed by atoms with Crippen LogP contribution >= 0.6 is 0 Å². The molecule has 2 aromatic heterocycles. The van der Waals surface area contributed by atoms with Gasteiger partial charge in [-0.25, -0.2) is 0 Å². The maximum Gasteiger partial charge on any atom is 0.256 e. The number of fused-ring (bicyclic) bond motifs is 3. The Labute approximate surface area is 161 Å². The lowest BCUT2D eigenvalue weighted by Gasteiger charge is -2.15. The molecule has 0 aliphatic heterocycles. The van der Waals surface area contributed by atoms with E-state index in [1.54, 1.807) is 37.7 Å². The van der Waals surface area contributed by atoms with Crippen LogP contribution in [0.5, 0.6) is 5.75 Å². The third kappa shape index (κ3) is 3.20. The molecule has 2 aromatic carbocycles. The first-order valence-corrected chi connectivity index (χ1v) is 8.91. The molecular formula is C22H19N3O3. The molecule has 0 spiro atoms. The van der Waals surface area contributed by atoms with Crippen LogP contribution in [0, 0.1) is 0 Å². The van der Waals surface area contributed by atoms with Gasteiger partial charge >= 0.3 is 0 Å². The number of aromatic amines is 1. The zero-order valence-corrected chi connectivity index (χ0v) is 15.5. The second-order valence-corrected chi connectivity index (χ2v) is 6.61. The number of ether oxygens (including phenoxy) is 1. The molecular weight excluding hydrogens is 354 g/mol. The van der Waals surface area contributed by atoms with E-state index in [0.29, 0.717) is 16.5 Å². The number of hydrogen-bond acceptors (Lipinski definition) is 4. The maximum absolute atomic E-state index is 12.7. The minimum atomic E-state index is -0.244. The third-order valence-corrected chi connectivity index (χ3v) is 4.83. The molecule has 0 aliphatic rings. The van der Waals surface area contributed by atoms with Crippen LogP contribution in [0.15, 0.2) is 65.7 Å². The van der Waals surface area contributed by atoms with E-state index in [1.807, 2.05) is 37.3 Å². The summed E-state index contributed by atoms with van der Waals surface area (Å²) in [7, 11) is 1.61. The van der Waals surface area contributed by atoms with E-state index >= 15 is 0 Å². The highest BCUT2D eigenvalue weighted by Crippen LogP contribution is 2.22. The van der Waals surface area contributed by atoms with E-state index in [2.05, 4.69) is 15.3 Å². The molecule has 140 valence electrons. The average Bonchev–Trinajstić information content (AvgIpc) is 2.73. The van der Waals surface area contributed by atoms with Gasteiger partial charge < -0.3 is 15.0 Å². The topological polar surface area (TPSA) is 84.1 Å². The fourth-order valence-corrected chi connectivity index (χ4v) is 3.30. The third-order valence-electron chi connectivity index (χ3n) is 4.83. The van der Waals surface area contributed by atoms with Crippen LogP contribution in [0.2, 0.25) is 0 Å². The Morgan fingerprint density at radius 3 is 2.79 bits per heavy atom. The summed E-state index contributed by atoms with van der Waals surface area (Å²) in [6, 6.07) is 14.3. The van der Waals surface area contributed by atoms with Crippen LogP contribution < -0.4 is 15.6 Å². The lowest BCUT2D eigenvalue weighted by Crippen LogP contribution is -2.26. The lowest BCUT2D eigenvalue weighted by molar-refractivity contribution is 0.0940. The Bertz CT molecular complexity index is 1250. The maximum atomic E-state index is 12.7. The van der Waals surface area contributed by atoms with Crippen molar-refractivity contribution in [3.63, 3.8) is 0 Å². The van der Waals surface area contributed by atoms with Gasteiger partial charge in [0.2, 0.25) is 0 Å². The highest BCUT2D eigenvalue weighted by Gasteiger charge is 2.14. The molecule has 0 saturated heterocycles. The van der Waals surface area contributed by atoms with Crippen LogP contribution in [-0.4, -0.2) is 23.0 Å². The standard InChI is InChI=1S/C22H19N3O3/c1-13(14-4-3-5-16(10-14)28-2)24-21(26)15-6-7-17-18-8-9-23-12-20(18)25-22(27)19(17)11-15/h3-13H,1-2H3,(H,24,26)(H,25,27). The Morgan fingerprint density at radius 2 is 1.96 bits per heavy atom. The molecule has 6 nitrogen and oxygen atoms in total. The van der Waals surface area contributed by atoms with Crippen LogP contribution in [0.25, 0.3) is 21.7 Å². The minimum absolute atomic E-state index is 0.209. The van der Waals surface area contributed by atoms with Gasteiger partial charge in [-0.1, -0.05) is 18.2 Å². The number of nitrogens with zero attached hydrogens (tertiary/aromatic N) is 1. The van der Waals surface area contributed by atoms with E-state index in [0.717, 1.165) is 22.1 Å². The number of benzene rings is 2. The Hall–Kier alpha value is -3.67. The molecule has 0 saturated carbocycles. The van der Waals surface area contributed by atoms with Crippen molar-refractivity contribution in [1.82, 2.24) is 15.3 Å². The molecule has 1 amide bonds. The monoisotopic (exact) mass is 373 g/mol. The number of carbonyl (C=O) groups excluding carboxylic acids is 1. The van der Waals surface area contributed by atoms with Crippen molar-refractivity contribution in [1.29, 1.82) is 0 Å². The summed E-state index contributed by atoms with van der Waals surface area (Å²) in [5.74, 6) is 0.489. The molecule has 0 radical (unpaired) electrons. The van der Waals surface area contributed by atoms with Crippen LogP contribution in [-0.2, 0) is 0 Å². The van der Waals surface area contributed by atoms with E-state index in [4.69, 9.17) is 4.74 Å². The predicted octanol–water partition coefficient (Wildman–Crippen LogP) is 3.58. The summed E-state index contributed by atoms with van der Waals surface area (Å²) in [6.07, 6.45) is 3.29. The second kappa shape index (κ2) is 7.15. The number of H-pyrrole nitrogens is 1. The molecule has 2 heterocycles. The molecule has 4 rings (SSSR count). The van der Waals surface area contributed by atoms with Gasteiger partial charge in [-0.3, -0.25) is 14.6 Å². The summed E-state index contributed by atoms with van der Waals surface area (Å²) in [5.41, 5.74) is 1.79. The molecule has 0 bridgehead atoms. The number of hydrogen-bond donors (Lipinski definition) is 2. The molecule has 2 N–H and O–H groups in total. The summed E-state index contributed by atoms with van der Waals surface area (Å²) in [5, 5.41) is 5.12. The first kappa shape index (κ1) is 17.7. The van der Waals surface area contributed by atoms with Crippen molar-refractivity contribution >= 4 is 27.6 Å². The zero-order chi connectivity index (χ0) is 19.7. The first-order chi connectivity index (χ1) is 13.6. The minimum Gasteiger partial charge on any atom is -0.497 e. The van der Waals surface area contributed by atoms with Gasteiger partial charge in [0.1, 0.15) is 5.75 Å². The predicted molar refractivity (Wildman–Crippen MR) is 109 cm³/mol. The van der Waals surface area contributed by atoms with Crippen molar-refractivity contribution in [3.05, 3.63) is 82.4 Å². The summed E-state index contributed by atoms with van der Waals surface area (Å²) in [6.45, 7) is 1.90. The van der Waals surface area contributed by atoms with Gasteiger partial charge in [0.15, 0.2) is 0 Å². The quantitative estimate of drug-likeness (QED) is 0.536. The van der Waals surface area contributed by atoms with Crippen molar-refractivity contribution in [3.8, 4) is 5.75 Å². The second-order valence-electron chi connectivity index (χ2n) is 6.61. The zero-order valence-electron chi connectivity index (χ0n) is 15.5. The fraction of sp³-hybridized carbons (Fsp3) is 0.136. The number of amides is 1. The van der Waals surface area contributed by atoms with Crippen molar-refractivity contribution in [2.45, 2.75) is 13.0 Å². The lowest BCUT2D eigenvalue weighted by atomic mass is 10.0. The number of methoxy groups -OCH3 is 1. The first-order valence-electron chi connectivity index (χ1n) is 8.91. The normalized spacial score (nSPS) is 12.1. The highest BCUT2D eigenvalue weighted by molar-refractivity contribution is 6.07. The van der Waals surface area contributed by atoms with E-state index in [-0.39, 0.29) is 17.5 Å². The molecule has 28 heavy (non-hydrogen) atoms.